The van der Waals surface area contributed by atoms with E-state index >= 15 is 0 Å². The van der Waals surface area contributed by atoms with Gasteiger partial charge in [0.25, 0.3) is 0 Å². The summed E-state index contributed by atoms with van der Waals surface area (Å²) >= 11 is 1.51. The number of carboxylic acid groups (broad SMARTS) is 1. The molecule has 2 rings (SSSR count). The van der Waals surface area contributed by atoms with Gasteiger partial charge in [0.1, 0.15) is 17.1 Å². The largest absolute Gasteiger partial charge is 0.477 e. The fourth-order valence-corrected chi connectivity index (χ4v) is 2.90. The molecular formula is C8H10N2O3S. The number of hydrogen-bond acceptors (Lipinski definition) is 4. The number of amides is 1. The molecule has 0 spiro atoms. The van der Waals surface area contributed by atoms with E-state index in [0.29, 0.717) is 0 Å². The first-order chi connectivity index (χ1) is 6.52. The van der Waals surface area contributed by atoms with Crippen LogP contribution >= 0.6 is 11.8 Å². The van der Waals surface area contributed by atoms with Crippen molar-refractivity contribution in [3.63, 3.8) is 0 Å². The van der Waals surface area contributed by atoms with Gasteiger partial charge in [0.2, 0.25) is 5.91 Å². The van der Waals surface area contributed by atoms with E-state index in [-0.39, 0.29) is 22.2 Å². The highest BCUT2D eigenvalue weighted by atomic mass is 32.2. The molecule has 5 nitrogen and oxygen atoms in total. The summed E-state index contributed by atoms with van der Waals surface area (Å²) < 4.78 is 0. The molecule has 2 aliphatic rings. The van der Waals surface area contributed by atoms with Crippen molar-refractivity contribution in [1.82, 2.24) is 4.90 Å². The molecular weight excluding hydrogens is 204 g/mol. The van der Waals surface area contributed by atoms with Crippen LogP contribution in [0, 0.1) is 0 Å². The van der Waals surface area contributed by atoms with Crippen LogP contribution in [0.25, 0.3) is 0 Å². The van der Waals surface area contributed by atoms with E-state index in [1.165, 1.54) is 16.7 Å². The molecule has 0 saturated carbocycles. The molecule has 0 aromatic carbocycles. The van der Waals surface area contributed by atoms with Crippen molar-refractivity contribution in [2.24, 2.45) is 5.73 Å². The van der Waals surface area contributed by atoms with Gasteiger partial charge in [-0.1, -0.05) is 0 Å². The normalized spacial score (nSPS) is 35.9. The number of rotatable bonds is 1. The van der Waals surface area contributed by atoms with Crippen LogP contribution in [0.4, 0.5) is 0 Å². The molecule has 0 aliphatic carbocycles. The highest BCUT2D eigenvalue weighted by Gasteiger charge is 2.51. The van der Waals surface area contributed by atoms with Crippen LogP contribution in [0.3, 0.4) is 0 Å². The molecule has 3 atom stereocenters. The van der Waals surface area contributed by atoms with Crippen LogP contribution in [0.15, 0.2) is 11.8 Å². The first-order valence-electron chi connectivity index (χ1n) is 4.21. The summed E-state index contributed by atoms with van der Waals surface area (Å²) in [7, 11) is 0. The van der Waals surface area contributed by atoms with Gasteiger partial charge in [0.15, 0.2) is 0 Å². The lowest BCUT2D eigenvalue weighted by atomic mass is 10.1. The van der Waals surface area contributed by atoms with Gasteiger partial charge in [-0.15, -0.1) is 11.8 Å². The molecule has 2 heterocycles. The number of β-lactam (4-membered cyclic amide) rings is 1. The van der Waals surface area contributed by atoms with Crippen LogP contribution in [0.1, 0.15) is 6.92 Å². The summed E-state index contributed by atoms with van der Waals surface area (Å²) in [5.74, 6) is -1.37. The van der Waals surface area contributed by atoms with E-state index in [9.17, 15) is 9.59 Å². The summed E-state index contributed by atoms with van der Waals surface area (Å²) in [4.78, 5) is 23.4. The standard InChI is InChI=1S/C8H10N2O3S/c1-3-2-4(8(12)13)10-6(11)5(9)7(10)14-3/h2-3,5,7H,9H2,1H3,(H,12,13)/t3?,5?,7-/m1/s1. The summed E-state index contributed by atoms with van der Waals surface area (Å²) in [6, 6.07) is -0.550. The van der Waals surface area contributed by atoms with Crippen molar-refractivity contribution in [3.05, 3.63) is 11.8 Å². The third-order valence-corrected chi connectivity index (χ3v) is 3.66. The number of hydrogen-bond donors (Lipinski definition) is 2. The van der Waals surface area contributed by atoms with Crippen molar-refractivity contribution in [3.8, 4) is 0 Å². The van der Waals surface area contributed by atoms with Gasteiger partial charge in [-0.2, -0.15) is 0 Å². The number of carboxylic acids is 1. The third-order valence-electron chi connectivity index (χ3n) is 2.31. The Morgan fingerprint density at radius 1 is 1.71 bits per heavy atom. The Balaban J connectivity index is 2.32. The highest BCUT2D eigenvalue weighted by molar-refractivity contribution is 8.00. The van der Waals surface area contributed by atoms with Gasteiger partial charge in [0, 0.05) is 5.25 Å². The van der Waals surface area contributed by atoms with Crippen molar-refractivity contribution in [1.29, 1.82) is 0 Å². The van der Waals surface area contributed by atoms with Crippen LogP contribution in [-0.4, -0.2) is 38.5 Å². The molecule has 76 valence electrons. The Kier molecular flexibility index (Phi) is 2.04. The predicted molar refractivity (Wildman–Crippen MR) is 51.4 cm³/mol. The van der Waals surface area contributed by atoms with Gasteiger partial charge in [-0.05, 0) is 13.0 Å². The number of nitrogens with zero attached hydrogens (tertiary/aromatic N) is 1. The average Bonchev–Trinajstić information content (AvgIpc) is 2.15. The summed E-state index contributed by atoms with van der Waals surface area (Å²) in [6.07, 6.45) is 1.58. The molecule has 1 amide bonds. The third kappa shape index (κ3) is 1.14. The van der Waals surface area contributed by atoms with E-state index in [1.54, 1.807) is 6.08 Å². The Morgan fingerprint density at radius 2 is 2.36 bits per heavy atom. The lowest BCUT2D eigenvalue weighted by Crippen LogP contribution is -2.68. The zero-order valence-corrected chi connectivity index (χ0v) is 8.32. The Labute approximate surface area is 84.9 Å². The van der Waals surface area contributed by atoms with E-state index in [0.717, 1.165) is 0 Å². The molecule has 0 aromatic heterocycles. The summed E-state index contributed by atoms with van der Waals surface area (Å²) in [5, 5.41) is 8.75. The highest BCUT2D eigenvalue weighted by Crippen LogP contribution is 2.39. The minimum atomic E-state index is -1.07. The number of aliphatic carboxylic acids is 1. The number of fused-ring (bicyclic) bond motifs is 1. The number of carbonyl (C=O) groups is 2. The van der Waals surface area contributed by atoms with Crippen molar-refractivity contribution < 1.29 is 14.7 Å². The monoisotopic (exact) mass is 214 g/mol. The molecule has 2 aliphatic heterocycles. The molecule has 0 bridgehead atoms. The van der Waals surface area contributed by atoms with Crippen LogP contribution in [-0.2, 0) is 9.59 Å². The first-order valence-corrected chi connectivity index (χ1v) is 5.16. The molecule has 3 N–H and O–H groups in total. The second-order valence-corrected chi connectivity index (χ2v) is 4.82. The lowest BCUT2D eigenvalue weighted by molar-refractivity contribution is -0.147. The van der Waals surface area contributed by atoms with E-state index < -0.39 is 12.0 Å². The molecule has 0 radical (unpaired) electrons. The molecule has 1 saturated heterocycles. The molecule has 6 heteroatoms. The maximum atomic E-state index is 11.3. The number of carbonyl (C=O) groups excluding carboxylic acids is 1. The van der Waals surface area contributed by atoms with E-state index in [4.69, 9.17) is 10.8 Å². The zero-order chi connectivity index (χ0) is 10.5. The smallest absolute Gasteiger partial charge is 0.352 e. The van der Waals surface area contributed by atoms with Gasteiger partial charge in [-0.25, -0.2) is 4.79 Å². The maximum Gasteiger partial charge on any atom is 0.352 e. The summed E-state index contributed by atoms with van der Waals surface area (Å²) in [6.45, 7) is 1.89. The fourth-order valence-electron chi connectivity index (χ4n) is 1.62. The van der Waals surface area contributed by atoms with E-state index in [1.807, 2.05) is 6.92 Å². The minimum Gasteiger partial charge on any atom is -0.477 e. The van der Waals surface area contributed by atoms with Crippen LogP contribution in [0.5, 0.6) is 0 Å². The van der Waals surface area contributed by atoms with Crippen LogP contribution in [0.2, 0.25) is 0 Å². The second-order valence-electron chi connectivity index (χ2n) is 3.32. The van der Waals surface area contributed by atoms with Gasteiger partial charge in [0.05, 0.1) is 0 Å². The maximum absolute atomic E-state index is 11.3. The SMILES string of the molecule is CC1C=C(C(=O)O)N2C(=O)C(N)[C@H]2S1. The van der Waals surface area contributed by atoms with Gasteiger partial charge in [-0.3, -0.25) is 9.69 Å². The summed E-state index contributed by atoms with van der Waals surface area (Å²) in [5.41, 5.74) is 5.63. The molecule has 2 unspecified atom stereocenters. The average molecular weight is 214 g/mol. The topological polar surface area (TPSA) is 83.6 Å². The van der Waals surface area contributed by atoms with Crippen molar-refractivity contribution in [2.45, 2.75) is 23.6 Å². The van der Waals surface area contributed by atoms with Crippen LogP contribution < -0.4 is 5.73 Å². The van der Waals surface area contributed by atoms with Crippen molar-refractivity contribution in [2.75, 3.05) is 0 Å². The Hall–Kier alpha value is -1.01. The predicted octanol–water partition coefficient (Wildman–Crippen LogP) is -0.414. The molecule has 14 heavy (non-hydrogen) atoms. The Morgan fingerprint density at radius 3 is 2.93 bits per heavy atom. The Bertz CT molecular complexity index is 341. The zero-order valence-electron chi connectivity index (χ0n) is 7.51. The van der Waals surface area contributed by atoms with Gasteiger partial charge < -0.3 is 10.8 Å². The minimum absolute atomic E-state index is 0.0629. The van der Waals surface area contributed by atoms with E-state index in [2.05, 4.69) is 0 Å². The first kappa shape index (κ1) is 9.54. The fraction of sp³-hybridized carbons (Fsp3) is 0.500. The lowest BCUT2D eigenvalue weighted by Gasteiger charge is -2.47. The molecule has 1 fully saturated rings. The number of thioether (sulfide) groups is 1. The van der Waals surface area contributed by atoms with Gasteiger partial charge >= 0.3 is 5.97 Å². The quantitative estimate of drug-likeness (QED) is 0.579. The van der Waals surface area contributed by atoms with Crippen molar-refractivity contribution >= 4 is 23.6 Å². The molecule has 0 aromatic rings. The number of nitrogens with two attached hydrogens (primary N) is 1. The second kappa shape index (κ2) is 2.99.